The van der Waals surface area contributed by atoms with Crippen molar-refractivity contribution in [1.29, 1.82) is 0 Å². The molecule has 2 fully saturated rings. The predicted octanol–water partition coefficient (Wildman–Crippen LogP) is 3.86. The number of halogens is 3. The smallest absolute Gasteiger partial charge is 0.254 e. The van der Waals surface area contributed by atoms with Gasteiger partial charge in [-0.2, -0.15) is 5.10 Å². The minimum atomic E-state index is -2.57. The van der Waals surface area contributed by atoms with E-state index in [9.17, 15) is 13.6 Å². The average molecular weight is 525 g/mol. The number of aromatic nitrogens is 6. The van der Waals surface area contributed by atoms with E-state index in [0.29, 0.717) is 66.1 Å². The SMILES string of the molecule is Nc1cc(C(=O)N2CCC(c3nn(Cc4cn(CC5CC(F)(F)C5)nn4)c4cccc(F)c34)CC2)ccn1. The number of anilines is 1. The molecule has 2 N–H and O–H groups in total. The zero-order chi connectivity index (χ0) is 26.4. The van der Waals surface area contributed by atoms with E-state index >= 15 is 4.39 Å². The van der Waals surface area contributed by atoms with Crippen LogP contribution in [0.4, 0.5) is 19.0 Å². The molecule has 4 heterocycles. The fourth-order valence-corrected chi connectivity index (χ4v) is 5.57. The Hall–Kier alpha value is -3.96. The van der Waals surface area contributed by atoms with Gasteiger partial charge in [0.05, 0.1) is 29.3 Å². The maximum absolute atomic E-state index is 15.0. The molecule has 3 aromatic heterocycles. The average Bonchev–Trinajstić information content (AvgIpc) is 3.48. The van der Waals surface area contributed by atoms with Gasteiger partial charge < -0.3 is 10.6 Å². The summed E-state index contributed by atoms with van der Waals surface area (Å²) in [5.74, 6) is -2.85. The van der Waals surface area contributed by atoms with Gasteiger partial charge in [-0.05, 0) is 43.0 Å². The number of likely N-dealkylation sites (tertiary alicyclic amines) is 1. The second-order valence-electron chi connectivity index (χ2n) is 10.3. The van der Waals surface area contributed by atoms with Crippen molar-refractivity contribution in [2.45, 2.75) is 50.6 Å². The number of carbonyl (C=O) groups excluding carboxylic acids is 1. The van der Waals surface area contributed by atoms with Crippen LogP contribution in [0, 0.1) is 11.7 Å². The van der Waals surface area contributed by atoms with Crippen LogP contribution in [0.15, 0.2) is 42.7 Å². The van der Waals surface area contributed by atoms with Gasteiger partial charge in [-0.15, -0.1) is 5.10 Å². The van der Waals surface area contributed by atoms with Crippen LogP contribution in [0.3, 0.4) is 0 Å². The van der Waals surface area contributed by atoms with Crippen molar-refractivity contribution in [2.24, 2.45) is 5.92 Å². The summed E-state index contributed by atoms with van der Waals surface area (Å²) in [6.07, 6.45) is 4.29. The van der Waals surface area contributed by atoms with E-state index in [1.165, 1.54) is 12.3 Å². The molecule has 2 aliphatic rings. The molecule has 1 amide bonds. The molecule has 0 atom stereocenters. The highest BCUT2D eigenvalue weighted by molar-refractivity contribution is 5.94. The first kappa shape index (κ1) is 24.4. The molecule has 0 unspecified atom stereocenters. The zero-order valence-corrected chi connectivity index (χ0v) is 20.6. The number of piperidine rings is 1. The fraction of sp³-hybridized carbons (Fsp3) is 0.423. The van der Waals surface area contributed by atoms with E-state index in [4.69, 9.17) is 10.8 Å². The molecule has 1 saturated carbocycles. The number of rotatable bonds is 6. The molecular formula is C26H27F3N8O. The summed E-state index contributed by atoms with van der Waals surface area (Å²) < 4.78 is 44.7. The molecule has 12 heteroatoms. The quantitative estimate of drug-likeness (QED) is 0.411. The van der Waals surface area contributed by atoms with E-state index in [1.54, 1.807) is 38.7 Å². The van der Waals surface area contributed by atoms with Crippen LogP contribution < -0.4 is 5.73 Å². The molecule has 0 radical (unpaired) electrons. The van der Waals surface area contributed by atoms with Gasteiger partial charge in [0.2, 0.25) is 5.92 Å². The number of hydrogen-bond acceptors (Lipinski definition) is 6. The summed E-state index contributed by atoms with van der Waals surface area (Å²) in [5, 5.41) is 13.5. The predicted molar refractivity (Wildman–Crippen MR) is 133 cm³/mol. The van der Waals surface area contributed by atoms with Gasteiger partial charge in [-0.1, -0.05) is 11.3 Å². The van der Waals surface area contributed by atoms with Crippen LogP contribution >= 0.6 is 0 Å². The van der Waals surface area contributed by atoms with Crippen molar-refractivity contribution < 1.29 is 18.0 Å². The molecule has 6 rings (SSSR count). The van der Waals surface area contributed by atoms with Crippen LogP contribution in [0.25, 0.3) is 10.9 Å². The molecular weight excluding hydrogens is 497 g/mol. The third-order valence-electron chi connectivity index (χ3n) is 7.47. The maximum Gasteiger partial charge on any atom is 0.254 e. The third-order valence-corrected chi connectivity index (χ3v) is 7.47. The van der Waals surface area contributed by atoms with Gasteiger partial charge in [0.15, 0.2) is 0 Å². The van der Waals surface area contributed by atoms with Crippen LogP contribution in [-0.2, 0) is 13.1 Å². The van der Waals surface area contributed by atoms with Gasteiger partial charge >= 0.3 is 0 Å². The highest BCUT2D eigenvalue weighted by Crippen LogP contribution is 2.43. The van der Waals surface area contributed by atoms with Crippen LogP contribution in [0.2, 0.25) is 0 Å². The second kappa shape index (κ2) is 9.41. The van der Waals surface area contributed by atoms with E-state index in [0.717, 1.165) is 0 Å². The standard InChI is InChI=1S/C26H27F3N8O/c27-20-2-1-3-21-23(20)24(17-5-8-35(9-6-17)25(38)18-4-7-31-22(30)10-18)33-37(21)15-19-14-36(34-32-19)13-16-11-26(28,29)12-16/h1-4,7,10,14,16-17H,5-6,8-9,11-13,15H2,(H2,30,31). The number of nitrogens with two attached hydrogens (primary N) is 1. The molecule has 0 spiro atoms. The highest BCUT2D eigenvalue weighted by atomic mass is 19.3. The summed E-state index contributed by atoms with van der Waals surface area (Å²) >= 11 is 0. The van der Waals surface area contributed by atoms with E-state index in [-0.39, 0.29) is 42.9 Å². The van der Waals surface area contributed by atoms with Gasteiger partial charge in [0, 0.05) is 50.2 Å². The summed E-state index contributed by atoms with van der Waals surface area (Å²) in [6.45, 7) is 1.71. The second-order valence-corrected chi connectivity index (χ2v) is 10.3. The molecule has 198 valence electrons. The molecule has 1 saturated heterocycles. The van der Waals surface area contributed by atoms with Gasteiger partial charge in [0.1, 0.15) is 17.3 Å². The number of pyridine rings is 1. The number of fused-ring (bicyclic) bond motifs is 1. The summed E-state index contributed by atoms with van der Waals surface area (Å²) in [5.41, 5.74) is 8.16. The monoisotopic (exact) mass is 524 g/mol. The Morgan fingerprint density at radius 3 is 2.68 bits per heavy atom. The minimum Gasteiger partial charge on any atom is -0.384 e. The Kier molecular flexibility index (Phi) is 6.04. The number of alkyl halides is 2. The molecule has 1 aliphatic carbocycles. The van der Waals surface area contributed by atoms with Gasteiger partial charge in [-0.25, -0.2) is 18.2 Å². The number of hydrogen-bond donors (Lipinski definition) is 1. The van der Waals surface area contributed by atoms with Crippen LogP contribution in [-0.4, -0.2) is 59.6 Å². The minimum absolute atomic E-state index is 0.0156. The van der Waals surface area contributed by atoms with Gasteiger partial charge in [-0.3, -0.25) is 14.2 Å². The van der Waals surface area contributed by atoms with E-state index in [2.05, 4.69) is 15.3 Å². The number of amides is 1. The number of carbonyl (C=O) groups is 1. The molecule has 1 aliphatic heterocycles. The largest absolute Gasteiger partial charge is 0.384 e. The van der Waals surface area contributed by atoms with E-state index in [1.807, 2.05) is 6.07 Å². The van der Waals surface area contributed by atoms with Crippen molar-refractivity contribution in [3.8, 4) is 0 Å². The third kappa shape index (κ3) is 4.70. The van der Waals surface area contributed by atoms with Crippen molar-refractivity contribution >= 4 is 22.6 Å². The first-order chi connectivity index (χ1) is 18.3. The van der Waals surface area contributed by atoms with Crippen molar-refractivity contribution in [3.63, 3.8) is 0 Å². The van der Waals surface area contributed by atoms with E-state index < -0.39 is 5.92 Å². The zero-order valence-electron chi connectivity index (χ0n) is 20.6. The fourth-order valence-electron chi connectivity index (χ4n) is 5.57. The molecule has 38 heavy (non-hydrogen) atoms. The molecule has 9 nitrogen and oxygen atoms in total. The van der Waals surface area contributed by atoms with Crippen molar-refractivity contribution in [1.82, 2.24) is 34.7 Å². The Bertz CT molecular complexity index is 1480. The van der Waals surface area contributed by atoms with Gasteiger partial charge in [0.25, 0.3) is 5.91 Å². The lowest BCUT2D eigenvalue weighted by Crippen LogP contribution is -2.38. The summed E-state index contributed by atoms with van der Waals surface area (Å²) in [7, 11) is 0. The van der Waals surface area contributed by atoms with Crippen LogP contribution in [0.5, 0.6) is 0 Å². The maximum atomic E-state index is 15.0. The lowest BCUT2D eigenvalue weighted by atomic mass is 9.81. The van der Waals surface area contributed by atoms with Crippen molar-refractivity contribution in [3.05, 3.63) is 65.5 Å². The first-order valence-corrected chi connectivity index (χ1v) is 12.7. The lowest BCUT2D eigenvalue weighted by molar-refractivity contribution is -0.114. The normalized spacial score (nSPS) is 18.1. The molecule has 4 aromatic rings. The number of benzene rings is 1. The summed E-state index contributed by atoms with van der Waals surface area (Å²) in [6, 6.07) is 8.11. The molecule has 1 aromatic carbocycles. The number of nitrogens with zero attached hydrogens (tertiary/aromatic N) is 7. The lowest BCUT2D eigenvalue weighted by Gasteiger charge is -2.34. The summed E-state index contributed by atoms with van der Waals surface area (Å²) in [4.78, 5) is 18.6. The Morgan fingerprint density at radius 2 is 1.95 bits per heavy atom. The van der Waals surface area contributed by atoms with Crippen molar-refractivity contribution in [2.75, 3.05) is 18.8 Å². The first-order valence-electron chi connectivity index (χ1n) is 12.7. The Balaban J connectivity index is 1.18. The molecule has 0 bridgehead atoms. The highest BCUT2D eigenvalue weighted by Gasteiger charge is 2.45. The van der Waals surface area contributed by atoms with Crippen LogP contribution in [0.1, 0.15) is 53.3 Å². The number of nitrogen functional groups attached to an aromatic ring is 1. The Labute approximate surface area is 216 Å². The topological polar surface area (TPSA) is 108 Å². The Morgan fingerprint density at radius 1 is 1.16 bits per heavy atom.